The molecule has 3 atom stereocenters. The first kappa shape index (κ1) is 20.5. The summed E-state index contributed by atoms with van der Waals surface area (Å²) in [7, 11) is 0. The molecule has 1 fully saturated rings. The number of hydrogen-bond donors (Lipinski definition) is 2. The van der Waals surface area contributed by atoms with Crippen LogP contribution < -0.4 is 11.4 Å². The van der Waals surface area contributed by atoms with Crippen molar-refractivity contribution in [2.45, 2.75) is 29.8 Å². The minimum absolute atomic E-state index is 0.0660. The van der Waals surface area contributed by atoms with Crippen LogP contribution in [0.2, 0.25) is 0 Å². The van der Waals surface area contributed by atoms with Gasteiger partial charge in [-0.1, -0.05) is 0 Å². The molecule has 0 spiro atoms. The molecule has 1 aliphatic rings. The van der Waals surface area contributed by atoms with E-state index in [0.29, 0.717) is 5.56 Å². The molecule has 29 heavy (non-hydrogen) atoms. The predicted octanol–water partition coefficient (Wildman–Crippen LogP) is 0.847. The van der Waals surface area contributed by atoms with E-state index < -0.39 is 33.5 Å². The number of nitrogen functional groups attached to an aromatic ring is 1. The summed E-state index contributed by atoms with van der Waals surface area (Å²) in [6.45, 7) is -0.232. The van der Waals surface area contributed by atoms with Gasteiger partial charge in [-0.2, -0.15) is 4.98 Å². The Morgan fingerprint density at radius 2 is 2.10 bits per heavy atom. The molecule has 0 radical (unpaired) electrons. The van der Waals surface area contributed by atoms with Crippen molar-refractivity contribution < 1.29 is 24.3 Å². The Labute approximate surface area is 167 Å². The highest BCUT2D eigenvalue weighted by molar-refractivity contribution is 8.00. The quantitative estimate of drug-likeness (QED) is 0.383. The van der Waals surface area contributed by atoms with E-state index in [9.17, 15) is 24.8 Å². The summed E-state index contributed by atoms with van der Waals surface area (Å²) in [5, 5.41) is 19.9. The molecule has 0 bridgehead atoms. The lowest BCUT2D eigenvalue weighted by Crippen LogP contribution is -2.26. The molecule has 2 aromatic rings. The summed E-state index contributed by atoms with van der Waals surface area (Å²) >= 11 is 1.25. The Balaban J connectivity index is 1.47. The van der Waals surface area contributed by atoms with Gasteiger partial charge in [0.25, 0.3) is 5.69 Å². The van der Waals surface area contributed by atoms with Gasteiger partial charge in [0.2, 0.25) is 5.95 Å². The SMILES string of the molecule is Nc1ncn([C@H]2C[C@@H](O)[C@@H](COC(=O)OCc3ccc([N+](=O)[O-])cc3)S2)c(=O)n1. The number of aliphatic hydroxyl groups excluding tert-OH is 1. The number of nitrogens with two attached hydrogens (primary N) is 1. The number of nitro groups is 1. The minimum atomic E-state index is -0.937. The molecule has 0 saturated carbocycles. The van der Waals surface area contributed by atoms with E-state index in [2.05, 4.69) is 9.97 Å². The highest BCUT2D eigenvalue weighted by atomic mass is 32.2. The second kappa shape index (κ2) is 8.87. The fraction of sp³-hybridized carbons (Fsp3) is 0.375. The van der Waals surface area contributed by atoms with Gasteiger partial charge in [-0.15, -0.1) is 11.8 Å². The fourth-order valence-electron chi connectivity index (χ4n) is 2.64. The van der Waals surface area contributed by atoms with Crippen LogP contribution >= 0.6 is 11.8 Å². The maximum absolute atomic E-state index is 11.9. The highest BCUT2D eigenvalue weighted by Crippen LogP contribution is 2.40. The first-order valence-electron chi connectivity index (χ1n) is 8.40. The molecule has 0 aliphatic carbocycles. The van der Waals surface area contributed by atoms with Gasteiger partial charge in [-0.25, -0.2) is 14.6 Å². The number of nitrogens with zero attached hydrogens (tertiary/aromatic N) is 4. The van der Waals surface area contributed by atoms with Gasteiger partial charge in [0.05, 0.1) is 21.7 Å². The summed E-state index contributed by atoms with van der Waals surface area (Å²) < 4.78 is 11.2. The molecular formula is C16H17N5O7S. The van der Waals surface area contributed by atoms with Gasteiger partial charge < -0.3 is 20.3 Å². The topological polar surface area (TPSA) is 173 Å². The largest absolute Gasteiger partial charge is 0.508 e. The maximum Gasteiger partial charge on any atom is 0.508 e. The summed E-state index contributed by atoms with van der Waals surface area (Å²) in [5.74, 6) is -0.134. The molecule has 1 saturated heterocycles. The molecule has 154 valence electrons. The number of carbonyl (C=O) groups excluding carboxylic acids is 1. The van der Waals surface area contributed by atoms with E-state index in [-0.39, 0.29) is 31.3 Å². The van der Waals surface area contributed by atoms with Crippen molar-refractivity contribution in [2.75, 3.05) is 12.3 Å². The van der Waals surface area contributed by atoms with Crippen molar-refractivity contribution >= 4 is 29.6 Å². The lowest BCUT2D eigenvalue weighted by molar-refractivity contribution is -0.384. The third kappa shape index (κ3) is 5.20. The van der Waals surface area contributed by atoms with E-state index in [1.54, 1.807) is 0 Å². The van der Waals surface area contributed by atoms with Crippen LogP contribution in [0.5, 0.6) is 0 Å². The zero-order valence-corrected chi connectivity index (χ0v) is 15.7. The molecule has 1 aromatic heterocycles. The average molecular weight is 423 g/mol. The van der Waals surface area contributed by atoms with Gasteiger partial charge in [0, 0.05) is 18.6 Å². The number of nitro benzene ring substituents is 1. The number of aromatic nitrogens is 3. The van der Waals surface area contributed by atoms with Crippen molar-refractivity contribution in [1.29, 1.82) is 0 Å². The Bertz CT molecular complexity index is 951. The molecule has 13 heteroatoms. The van der Waals surface area contributed by atoms with Gasteiger partial charge in [0.1, 0.15) is 19.5 Å². The normalized spacial score (nSPS) is 20.9. The number of thioether (sulfide) groups is 1. The van der Waals surface area contributed by atoms with Crippen molar-refractivity contribution in [3.8, 4) is 0 Å². The number of hydrogen-bond acceptors (Lipinski definition) is 11. The van der Waals surface area contributed by atoms with E-state index >= 15 is 0 Å². The average Bonchev–Trinajstić information content (AvgIpc) is 3.05. The van der Waals surface area contributed by atoms with Crippen LogP contribution in [0.15, 0.2) is 35.4 Å². The van der Waals surface area contributed by atoms with Crippen molar-refractivity contribution in [2.24, 2.45) is 0 Å². The standard InChI is InChI=1S/C16H17N5O7S/c17-14-18-8-20(15(23)19-14)13-5-11(22)12(29-13)7-28-16(24)27-6-9-1-3-10(4-2-9)21(25)26/h1-4,8,11-13,22H,5-7H2,(H2,17,19,23)/t11-,12-,13-/m1/s1. The molecule has 0 unspecified atom stereocenters. The molecule has 0 amide bonds. The van der Waals surface area contributed by atoms with Crippen molar-refractivity contribution in [1.82, 2.24) is 14.5 Å². The van der Waals surface area contributed by atoms with Crippen LogP contribution in [0.4, 0.5) is 16.4 Å². The number of benzene rings is 1. The van der Waals surface area contributed by atoms with E-state index in [1.807, 2.05) is 0 Å². The molecule has 3 rings (SSSR count). The number of anilines is 1. The van der Waals surface area contributed by atoms with Crippen LogP contribution in [0, 0.1) is 10.1 Å². The van der Waals surface area contributed by atoms with Gasteiger partial charge in [-0.3, -0.25) is 14.7 Å². The maximum atomic E-state index is 11.9. The lowest BCUT2D eigenvalue weighted by atomic mass is 10.2. The molecule has 1 aromatic carbocycles. The number of ether oxygens (including phenoxy) is 2. The number of carbonyl (C=O) groups is 1. The van der Waals surface area contributed by atoms with Crippen LogP contribution in [0.25, 0.3) is 0 Å². The predicted molar refractivity (Wildman–Crippen MR) is 101 cm³/mol. The van der Waals surface area contributed by atoms with Gasteiger partial charge in [0.15, 0.2) is 0 Å². The summed E-state index contributed by atoms with van der Waals surface area (Å²) in [6, 6.07) is 5.55. The third-order valence-corrected chi connectivity index (χ3v) is 5.66. The minimum Gasteiger partial charge on any atom is -0.433 e. The first-order valence-corrected chi connectivity index (χ1v) is 9.35. The number of non-ortho nitro benzene ring substituents is 1. The van der Waals surface area contributed by atoms with Crippen molar-refractivity contribution in [3.63, 3.8) is 0 Å². The smallest absolute Gasteiger partial charge is 0.433 e. The summed E-state index contributed by atoms with van der Waals surface area (Å²) in [6.07, 6.45) is -0.231. The lowest BCUT2D eigenvalue weighted by Gasteiger charge is -2.14. The number of aliphatic hydroxyl groups is 1. The third-order valence-electron chi connectivity index (χ3n) is 4.13. The monoisotopic (exact) mass is 423 g/mol. The van der Waals surface area contributed by atoms with E-state index in [0.717, 1.165) is 0 Å². The Morgan fingerprint density at radius 1 is 1.38 bits per heavy atom. The zero-order chi connectivity index (χ0) is 21.0. The van der Waals surface area contributed by atoms with Gasteiger partial charge >= 0.3 is 11.8 Å². The van der Waals surface area contributed by atoms with Crippen LogP contribution in [-0.2, 0) is 16.1 Å². The molecular weight excluding hydrogens is 406 g/mol. The zero-order valence-electron chi connectivity index (χ0n) is 14.9. The Kier molecular flexibility index (Phi) is 6.29. The Hall–Kier alpha value is -3.19. The molecule has 2 heterocycles. The van der Waals surface area contributed by atoms with Crippen molar-refractivity contribution in [3.05, 3.63) is 56.8 Å². The van der Waals surface area contributed by atoms with E-state index in [1.165, 1.54) is 46.9 Å². The first-order chi connectivity index (χ1) is 13.8. The Morgan fingerprint density at radius 3 is 2.76 bits per heavy atom. The van der Waals surface area contributed by atoms with Gasteiger partial charge in [-0.05, 0) is 17.7 Å². The highest BCUT2D eigenvalue weighted by Gasteiger charge is 2.36. The fourth-order valence-corrected chi connectivity index (χ4v) is 4.06. The van der Waals surface area contributed by atoms with Crippen LogP contribution in [0.3, 0.4) is 0 Å². The van der Waals surface area contributed by atoms with E-state index in [4.69, 9.17) is 15.2 Å². The number of rotatable bonds is 6. The molecule has 1 aliphatic heterocycles. The second-order valence-electron chi connectivity index (χ2n) is 6.11. The second-order valence-corrected chi connectivity index (χ2v) is 7.53. The molecule has 12 nitrogen and oxygen atoms in total. The van der Waals surface area contributed by atoms with Crippen LogP contribution in [-0.4, -0.2) is 48.7 Å². The van der Waals surface area contributed by atoms with Crippen LogP contribution in [0.1, 0.15) is 17.4 Å². The molecule has 3 N–H and O–H groups in total. The summed E-state index contributed by atoms with van der Waals surface area (Å²) in [4.78, 5) is 41.0. The summed E-state index contributed by atoms with van der Waals surface area (Å²) in [5.41, 5.74) is 5.28.